The first-order valence-corrected chi connectivity index (χ1v) is 5.85. The molecule has 0 bridgehead atoms. The number of hydrogen-bond acceptors (Lipinski definition) is 3. The van der Waals surface area contributed by atoms with Crippen LogP contribution in [0.5, 0.6) is 0 Å². The third-order valence-corrected chi connectivity index (χ3v) is 2.29. The number of carbonyl (C=O) groups excluding carboxylic acids is 1. The van der Waals surface area contributed by atoms with Crippen LogP contribution in [0.25, 0.3) is 0 Å². The van der Waals surface area contributed by atoms with Gasteiger partial charge in [-0.25, -0.2) is 8.42 Å². The molecule has 1 aliphatic rings. The van der Waals surface area contributed by atoms with Gasteiger partial charge in [-0.2, -0.15) is 4.40 Å². The molecule has 0 radical (unpaired) electrons. The molecule has 0 aromatic heterocycles. The van der Waals surface area contributed by atoms with Crippen LogP contribution in [0.1, 0.15) is 13.8 Å². The van der Waals surface area contributed by atoms with Crippen molar-refractivity contribution in [2.24, 2.45) is 4.40 Å². The zero-order valence-corrected chi connectivity index (χ0v) is 9.05. The highest BCUT2D eigenvalue weighted by Gasteiger charge is 2.13. The number of nitrogens with zero attached hydrogens (tertiary/aromatic N) is 1. The van der Waals surface area contributed by atoms with Crippen LogP contribution in [-0.2, 0) is 14.8 Å². The van der Waals surface area contributed by atoms with E-state index in [2.05, 4.69) is 4.40 Å². The second kappa shape index (κ2) is 3.49. The Kier molecular flexibility index (Phi) is 2.71. The average molecular weight is 213 g/mol. The third-order valence-electron chi connectivity index (χ3n) is 1.76. The zero-order chi connectivity index (χ0) is 10.9. The Bertz CT molecular complexity index is 466. The van der Waals surface area contributed by atoms with E-state index >= 15 is 0 Å². The number of sulfonamides is 1. The molecule has 4 nitrogen and oxygen atoms in total. The highest BCUT2D eigenvalue weighted by atomic mass is 32.2. The quantitative estimate of drug-likeness (QED) is 0.607. The first-order chi connectivity index (χ1) is 6.29. The van der Waals surface area contributed by atoms with Gasteiger partial charge >= 0.3 is 0 Å². The van der Waals surface area contributed by atoms with Crippen molar-refractivity contribution < 1.29 is 13.2 Å². The minimum Gasteiger partial charge on any atom is -0.290 e. The molecule has 76 valence electrons. The molecule has 0 heterocycles. The molecule has 0 fully saturated rings. The van der Waals surface area contributed by atoms with E-state index in [0.717, 1.165) is 6.26 Å². The van der Waals surface area contributed by atoms with Crippen molar-refractivity contribution in [1.82, 2.24) is 0 Å². The van der Waals surface area contributed by atoms with Crippen LogP contribution < -0.4 is 0 Å². The number of hydrogen-bond donors (Lipinski definition) is 0. The van der Waals surface area contributed by atoms with Gasteiger partial charge in [0.1, 0.15) is 0 Å². The third kappa shape index (κ3) is 2.63. The molecule has 1 rings (SSSR count). The standard InChI is InChI=1S/C9H11NO3S/c1-6-5-9(11)7(2)4-8(6)10-14(3,12)13/h4-5H,1-3H3. The maximum absolute atomic E-state index is 11.2. The Hall–Kier alpha value is -1.23. The van der Waals surface area contributed by atoms with Crippen molar-refractivity contribution in [1.29, 1.82) is 0 Å². The van der Waals surface area contributed by atoms with Crippen LogP contribution in [0.4, 0.5) is 0 Å². The van der Waals surface area contributed by atoms with Crippen LogP contribution in [0, 0.1) is 0 Å². The summed E-state index contributed by atoms with van der Waals surface area (Å²) in [6, 6.07) is 0. The molecule has 0 saturated heterocycles. The van der Waals surface area contributed by atoms with Gasteiger partial charge in [-0.1, -0.05) is 0 Å². The Balaban J connectivity index is 3.22. The fourth-order valence-corrected chi connectivity index (χ4v) is 1.61. The highest BCUT2D eigenvalue weighted by molar-refractivity contribution is 7.89. The molecule has 0 N–H and O–H groups in total. The van der Waals surface area contributed by atoms with E-state index in [9.17, 15) is 13.2 Å². The molecule has 0 aliphatic heterocycles. The Morgan fingerprint density at radius 3 is 2.21 bits per heavy atom. The topological polar surface area (TPSA) is 63.6 Å². The van der Waals surface area contributed by atoms with Gasteiger partial charge in [0.25, 0.3) is 10.0 Å². The van der Waals surface area contributed by atoms with E-state index in [-0.39, 0.29) is 5.78 Å². The normalized spacial score (nSPS) is 20.8. The molecular weight excluding hydrogens is 202 g/mol. The van der Waals surface area contributed by atoms with Gasteiger partial charge in [0.15, 0.2) is 5.78 Å². The van der Waals surface area contributed by atoms with Crippen LogP contribution in [0.3, 0.4) is 0 Å². The summed E-state index contributed by atoms with van der Waals surface area (Å²) in [7, 11) is -3.41. The van der Waals surface area contributed by atoms with E-state index in [1.807, 2.05) is 0 Å². The van der Waals surface area contributed by atoms with Crippen LogP contribution in [0.2, 0.25) is 0 Å². The second-order valence-electron chi connectivity index (χ2n) is 3.23. The molecule has 0 amide bonds. The lowest BCUT2D eigenvalue weighted by Gasteiger charge is -2.08. The molecule has 0 aromatic carbocycles. The smallest absolute Gasteiger partial charge is 0.250 e. The molecule has 14 heavy (non-hydrogen) atoms. The summed E-state index contributed by atoms with van der Waals surface area (Å²) < 4.78 is 25.3. The van der Waals surface area contributed by atoms with Gasteiger partial charge in [-0.3, -0.25) is 4.79 Å². The Morgan fingerprint density at radius 1 is 1.14 bits per heavy atom. The molecule has 5 heteroatoms. The van der Waals surface area contributed by atoms with E-state index in [1.165, 1.54) is 12.2 Å². The van der Waals surface area contributed by atoms with Crippen molar-refractivity contribution in [2.75, 3.05) is 6.26 Å². The van der Waals surface area contributed by atoms with E-state index < -0.39 is 10.0 Å². The van der Waals surface area contributed by atoms with Crippen LogP contribution in [0.15, 0.2) is 27.7 Å². The van der Waals surface area contributed by atoms with Crippen molar-refractivity contribution >= 4 is 21.5 Å². The number of rotatable bonds is 1. The fraction of sp³-hybridized carbons (Fsp3) is 0.333. The van der Waals surface area contributed by atoms with Crippen LogP contribution in [-0.4, -0.2) is 26.2 Å². The van der Waals surface area contributed by atoms with Crippen molar-refractivity contribution in [3.63, 3.8) is 0 Å². The summed E-state index contributed by atoms with van der Waals surface area (Å²) in [6.07, 6.45) is 3.89. The SMILES string of the molecule is CC1=CC(=NS(C)(=O)=O)C(C)=CC1=O. The monoisotopic (exact) mass is 213 g/mol. The van der Waals surface area contributed by atoms with Gasteiger partial charge < -0.3 is 0 Å². The Morgan fingerprint density at radius 2 is 1.71 bits per heavy atom. The lowest BCUT2D eigenvalue weighted by molar-refractivity contribution is -0.111. The van der Waals surface area contributed by atoms with Gasteiger partial charge in [-0.05, 0) is 37.1 Å². The summed E-state index contributed by atoms with van der Waals surface area (Å²) in [5.74, 6) is -0.102. The van der Waals surface area contributed by atoms with Crippen LogP contribution >= 0.6 is 0 Å². The minimum absolute atomic E-state index is 0.102. The predicted molar refractivity (Wildman–Crippen MR) is 54.8 cm³/mol. The van der Waals surface area contributed by atoms with Gasteiger partial charge in [0, 0.05) is 0 Å². The largest absolute Gasteiger partial charge is 0.290 e. The molecule has 0 saturated carbocycles. The van der Waals surface area contributed by atoms with E-state index in [0.29, 0.717) is 16.9 Å². The summed E-state index contributed by atoms with van der Waals surface area (Å²) in [4.78, 5) is 11.2. The summed E-state index contributed by atoms with van der Waals surface area (Å²) in [5.41, 5.74) is 1.41. The number of allylic oxidation sites excluding steroid dienone is 4. The van der Waals surface area contributed by atoms with Crippen molar-refractivity contribution in [2.45, 2.75) is 13.8 Å². The molecule has 1 aliphatic carbocycles. The van der Waals surface area contributed by atoms with E-state index in [1.54, 1.807) is 13.8 Å². The first kappa shape index (κ1) is 10.8. The van der Waals surface area contributed by atoms with E-state index in [4.69, 9.17) is 0 Å². The predicted octanol–water partition coefficient (Wildman–Crippen LogP) is 0.862. The maximum Gasteiger partial charge on any atom is 0.250 e. The second-order valence-corrected chi connectivity index (χ2v) is 4.88. The Labute approximate surface area is 83.1 Å². The zero-order valence-electron chi connectivity index (χ0n) is 8.23. The highest BCUT2D eigenvalue weighted by Crippen LogP contribution is 2.12. The molecule has 0 unspecified atom stereocenters. The molecule has 0 spiro atoms. The lowest BCUT2D eigenvalue weighted by atomic mass is 9.99. The van der Waals surface area contributed by atoms with Gasteiger partial charge in [0.05, 0.1) is 12.0 Å². The minimum atomic E-state index is -3.41. The summed E-state index contributed by atoms with van der Waals surface area (Å²) >= 11 is 0. The van der Waals surface area contributed by atoms with Crippen molar-refractivity contribution in [3.8, 4) is 0 Å². The fourth-order valence-electron chi connectivity index (χ4n) is 1.05. The molecular formula is C9H11NO3S. The summed E-state index contributed by atoms with van der Waals surface area (Å²) in [5, 5.41) is 0. The average Bonchev–Trinajstić information content (AvgIpc) is 1.97. The molecule has 0 aromatic rings. The van der Waals surface area contributed by atoms with Crippen molar-refractivity contribution in [3.05, 3.63) is 23.3 Å². The number of carbonyl (C=O) groups is 1. The van der Waals surface area contributed by atoms with Gasteiger partial charge in [-0.15, -0.1) is 0 Å². The molecule has 0 atom stereocenters. The summed E-state index contributed by atoms with van der Waals surface area (Å²) in [6.45, 7) is 3.29. The van der Waals surface area contributed by atoms with Gasteiger partial charge in [0.2, 0.25) is 0 Å². The maximum atomic E-state index is 11.2. The number of ketones is 1. The first-order valence-electron chi connectivity index (χ1n) is 4.01. The lowest BCUT2D eigenvalue weighted by Crippen LogP contribution is -2.11.